The number of furan rings is 1. The van der Waals surface area contributed by atoms with Crippen LogP contribution >= 0.6 is 0 Å². The third-order valence-electron chi connectivity index (χ3n) is 5.06. The van der Waals surface area contributed by atoms with Gasteiger partial charge in [0, 0.05) is 32.7 Å². The minimum atomic E-state index is -3.99. The largest absolute Gasteiger partial charge is 0.451 e. The van der Waals surface area contributed by atoms with Crippen LogP contribution in [0.3, 0.4) is 0 Å². The predicted octanol–water partition coefficient (Wildman–Crippen LogP) is 5.49. The standard InChI is InChI=1S/C24H29N2O4S.Y/c1-3-5-6-8-23(27)20-12-16-22(17-13-20)26(31(28,29)24-9-7-18-30-24)25-21-14-10-19(4-2)11-15-21;/h7,9-18,23,25,27H,2-6,8H2,1H3;/q-1;. The van der Waals surface area contributed by atoms with Crippen molar-refractivity contribution in [3.63, 3.8) is 0 Å². The van der Waals surface area contributed by atoms with Gasteiger partial charge in [0.05, 0.1) is 23.7 Å². The molecular weight excluding hydrogens is 501 g/mol. The van der Waals surface area contributed by atoms with Crippen LogP contribution in [0, 0.1) is 6.92 Å². The maximum Gasteiger partial charge on any atom is 0.315 e. The molecule has 1 unspecified atom stereocenters. The van der Waals surface area contributed by atoms with E-state index in [1.54, 1.807) is 36.4 Å². The second-order valence-corrected chi connectivity index (χ2v) is 9.08. The van der Waals surface area contributed by atoms with E-state index in [0.717, 1.165) is 34.8 Å². The number of hydrogen-bond acceptors (Lipinski definition) is 5. The molecule has 0 aliphatic carbocycles. The van der Waals surface area contributed by atoms with Gasteiger partial charge >= 0.3 is 10.0 Å². The Labute approximate surface area is 215 Å². The Hall–Kier alpha value is -1.67. The topological polar surface area (TPSA) is 82.8 Å². The van der Waals surface area contributed by atoms with Crippen molar-refractivity contribution in [2.24, 2.45) is 0 Å². The van der Waals surface area contributed by atoms with E-state index in [2.05, 4.69) is 19.3 Å². The normalized spacial score (nSPS) is 12.1. The van der Waals surface area contributed by atoms with Crippen LogP contribution in [-0.2, 0) is 49.2 Å². The molecule has 2 N–H and O–H groups in total. The van der Waals surface area contributed by atoms with Gasteiger partial charge in [-0.1, -0.05) is 56.0 Å². The van der Waals surface area contributed by atoms with E-state index >= 15 is 0 Å². The average molecular weight is 530 g/mol. The number of nitrogens with one attached hydrogen (secondary N) is 1. The van der Waals surface area contributed by atoms with Crippen molar-refractivity contribution in [3.05, 3.63) is 85.0 Å². The van der Waals surface area contributed by atoms with Gasteiger partial charge in [0.1, 0.15) is 0 Å². The molecule has 6 nitrogen and oxygen atoms in total. The van der Waals surface area contributed by atoms with Gasteiger partial charge in [0.2, 0.25) is 5.09 Å². The molecule has 0 saturated heterocycles. The first-order chi connectivity index (χ1) is 15.0. The van der Waals surface area contributed by atoms with Crippen LogP contribution in [0.1, 0.15) is 49.8 Å². The number of hydrazine groups is 1. The van der Waals surface area contributed by atoms with Crippen LogP contribution in [-0.4, -0.2) is 13.5 Å². The molecule has 2 aromatic carbocycles. The molecule has 3 rings (SSSR count). The van der Waals surface area contributed by atoms with E-state index < -0.39 is 16.1 Å². The van der Waals surface area contributed by atoms with Crippen molar-refractivity contribution in [1.29, 1.82) is 0 Å². The maximum atomic E-state index is 13.2. The van der Waals surface area contributed by atoms with E-state index in [1.807, 2.05) is 12.1 Å². The molecule has 1 aromatic heterocycles. The van der Waals surface area contributed by atoms with Gasteiger partial charge in [0.15, 0.2) is 0 Å². The first-order valence-electron chi connectivity index (χ1n) is 10.5. The SMILES string of the molecule is [CH2-]Cc1ccc(NN(c2ccc(C(O)CCCCC)cc2)S(=O)(=O)c2ccco2)cc1.[Y]. The molecule has 0 aliphatic rings. The first kappa shape index (κ1) is 26.6. The van der Waals surface area contributed by atoms with E-state index in [1.165, 1.54) is 18.4 Å². The molecule has 0 fully saturated rings. The molecule has 3 aromatic rings. The van der Waals surface area contributed by atoms with E-state index in [9.17, 15) is 13.5 Å². The van der Waals surface area contributed by atoms with Crippen LogP contribution in [0.5, 0.6) is 0 Å². The Morgan fingerprint density at radius 3 is 2.31 bits per heavy atom. The Morgan fingerprint density at radius 1 is 1.06 bits per heavy atom. The Bertz CT molecular complexity index is 1040. The molecule has 0 spiro atoms. The number of aliphatic hydroxyl groups is 1. The summed E-state index contributed by atoms with van der Waals surface area (Å²) in [7, 11) is -3.99. The number of sulfonamides is 1. The Kier molecular flexibility index (Phi) is 10.4. The van der Waals surface area contributed by atoms with Gasteiger partial charge < -0.3 is 16.4 Å². The van der Waals surface area contributed by atoms with Crippen LogP contribution in [0.2, 0.25) is 0 Å². The van der Waals surface area contributed by atoms with Gasteiger partial charge in [-0.3, -0.25) is 5.43 Å². The number of anilines is 2. The molecular formula is C24H29N2O4SY-. The minimum absolute atomic E-state index is 0. The Morgan fingerprint density at radius 2 is 1.75 bits per heavy atom. The van der Waals surface area contributed by atoms with Crippen molar-refractivity contribution >= 4 is 21.4 Å². The third-order valence-corrected chi connectivity index (χ3v) is 6.58. The zero-order chi connectivity index (χ0) is 22.3. The molecule has 0 aliphatic heterocycles. The second-order valence-electron chi connectivity index (χ2n) is 7.36. The van der Waals surface area contributed by atoms with Crippen LogP contribution in [0.4, 0.5) is 11.4 Å². The number of rotatable bonds is 11. The number of unbranched alkanes of at least 4 members (excludes halogenated alkanes) is 2. The van der Waals surface area contributed by atoms with Gasteiger partial charge in [-0.15, -0.1) is 0 Å². The molecule has 0 amide bonds. The van der Waals surface area contributed by atoms with E-state index in [0.29, 0.717) is 24.2 Å². The quantitative estimate of drug-likeness (QED) is 0.195. The van der Waals surface area contributed by atoms with Crippen LogP contribution < -0.4 is 9.84 Å². The van der Waals surface area contributed by atoms with E-state index in [4.69, 9.17) is 4.42 Å². The van der Waals surface area contributed by atoms with Gasteiger partial charge in [-0.05, 0) is 48.4 Å². The van der Waals surface area contributed by atoms with Crippen LogP contribution in [0.25, 0.3) is 0 Å². The van der Waals surface area contributed by atoms with Gasteiger partial charge in [0.25, 0.3) is 0 Å². The fourth-order valence-electron chi connectivity index (χ4n) is 3.21. The van der Waals surface area contributed by atoms with Crippen molar-refractivity contribution in [1.82, 2.24) is 0 Å². The van der Waals surface area contributed by atoms with Crippen molar-refractivity contribution in [3.8, 4) is 0 Å². The summed E-state index contributed by atoms with van der Waals surface area (Å²) in [6, 6.07) is 17.2. The number of aliphatic hydroxyl groups excluding tert-OH is 1. The smallest absolute Gasteiger partial charge is 0.315 e. The molecule has 32 heavy (non-hydrogen) atoms. The number of nitrogens with zero attached hydrogens (tertiary/aromatic N) is 1. The van der Waals surface area contributed by atoms with Crippen LogP contribution in [0.15, 0.2) is 76.4 Å². The summed E-state index contributed by atoms with van der Waals surface area (Å²) < 4.78 is 32.7. The summed E-state index contributed by atoms with van der Waals surface area (Å²) in [5, 5.41) is 10.2. The fourth-order valence-corrected chi connectivity index (χ4v) is 4.45. The average Bonchev–Trinajstić information content (AvgIpc) is 3.34. The van der Waals surface area contributed by atoms with Gasteiger partial charge in [-0.2, -0.15) is 19.3 Å². The Balaban J connectivity index is 0.00000363. The summed E-state index contributed by atoms with van der Waals surface area (Å²) >= 11 is 0. The molecule has 8 heteroatoms. The predicted molar refractivity (Wildman–Crippen MR) is 123 cm³/mol. The minimum Gasteiger partial charge on any atom is -0.451 e. The molecule has 1 radical (unpaired) electrons. The molecule has 1 heterocycles. The van der Waals surface area contributed by atoms with Gasteiger partial charge in [-0.25, -0.2) is 0 Å². The molecule has 1 atom stereocenters. The fraction of sp³-hybridized carbons (Fsp3) is 0.292. The first-order valence-corrected chi connectivity index (χ1v) is 11.9. The molecule has 0 bridgehead atoms. The third kappa shape index (κ3) is 6.67. The van der Waals surface area contributed by atoms with E-state index in [-0.39, 0.29) is 37.8 Å². The summed E-state index contributed by atoms with van der Waals surface area (Å²) in [4.78, 5) is 0. The zero-order valence-corrected chi connectivity index (χ0v) is 21.9. The van der Waals surface area contributed by atoms with Crippen molar-refractivity contribution in [2.45, 2.75) is 50.2 Å². The maximum absolute atomic E-state index is 13.2. The zero-order valence-electron chi connectivity index (χ0n) is 18.3. The summed E-state index contributed by atoms with van der Waals surface area (Å²) in [5.41, 5.74) is 5.79. The number of benzene rings is 2. The molecule has 0 saturated carbocycles. The monoisotopic (exact) mass is 530 g/mol. The second kappa shape index (κ2) is 12.5. The van der Waals surface area contributed by atoms with Crippen molar-refractivity contribution < 1.29 is 50.7 Å². The summed E-state index contributed by atoms with van der Waals surface area (Å²) in [6.07, 6.45) is 5.19. The molecule has 169 valence electrons. The van der Waals surface area contributed by atoms with Crippen molar-refractivity contribution in [2.75, 3.05) is 9.84 Å². The summed E-state index contributed by atoms with van der Waals surface area (Å²) in [6.45, 7) is 5.97. The summed E-state index contributed by atoms with van der Waals surface area (Å²) in [5.74, 6) is 0. The number of hydrogen-bond donors (Lipinski definition) is 2.